The van der Waals surface area contributed by atoms with Crippen LogP contribution >= 0.6 is 0 Å². The van der Waals surface area contributed by atoms with Crippen molar-refractivity contribution in [1.82, 2.24) is 30.4 Å². The van der Waals surface area contributed by atoms with Crippen molar-refractivity contribution in [2.45, 2.75) is 26.8 Å². The van der Waals surface area contributed by atoms with Crippen LogP contribution < -0.4 is 5.32 Å². The number of tetrazole rings is 1. The molecule has 1 saturated heterocycles. The average Bonchev–Trinajstić information content (AvgIpc) is 3.09. The van der Waals surface area contributed by atoms with Gasteiger partial charge in [-0.05, 0) is 40.5 Å². The maximum absolute atomic E-state index is 13.0. The van der Waals surface area contributed by atoms with E-state index in [-0.39, 0.29) is 17.7 Å². The van der Waals surface area contributed by atoms with Crippen LogP contribution in [0.5, 0.6) is 0 Å². The van der Waals surface area contributed by atoms with Crippen LogP contribution in [-0.4, -0.2) is 69.8 Å². The number of hydrogen-bond acceptors (Lipinski definition) is 6. The molecule has 156 valence electrons. The Bertz CT molecular complexity index is 791. The van der Waals surface area contributed by atoms with Gasteiger partial charge in [0.05, 0.1) is 25.7 Å². The van der Waals surface area contributed by atoms with Gasteiger partial charge in [0.25, 0.3) is 5.91 Å². The zero-order chi connectivity index (χ0) is 20.6. The van der Waals surface area contributed by atoms with E-state index in [1.54, 1.807) is 28.0 Å². The van der Waals surface area contributed by atoms with E-state index in [4.69, 9.17) is 4.74 Å². The summed E-state index contributed by atoms with van der Waals surface area (Å²) in [5.74, 6) is 0.0295. The van der Waals surface area contributed by atoms with Gasteiger partial charge in [0.1, 0.15) is 6.33 Å². The fourth-order valence-corrected chi connectivity index (χ4v) is 3.16. The maximum atomic E-state index is 13.0. The van der Waals surface area contributed by atoms with Crippen LogP contribution in [0.3, 0.4) is 0 Å². The molecule has 1 aliphatic rings. The molecule has 1 N–H and O–H groups in total. The monoisotopic (exact) mass is 400 g/mol. The molecule has 2 heterocycles. The van der Waals surface area contributed by atoms with Crippen LogP contribution in [0, 0.1) is 11.8 Å². The minimum Gasteiger partial charge on any atom is -0.379 e. The number of rotatable bonds is 7. The van der Waals surface area contributed by atoms with Crippen molar-refractivity contribution in [3.05, 3.63) is 41.7 Å². The molecule has 1 aliphatic heterocycles. The standard InChI is InChI=1S/C20H28N6O3/c1-15(2)7-8-21-19(27)18-12-25(9-10-29-13-18)20(28)17-5-3-16(4-6-17)11-26-14-22-23-24-26/h3-6,14-15,18H,7-13H2,1-2H3,(H,21,27). The molecule has 9 heteroatoms. The second-order valence-corrected chi connectivity index (χ2v) is 7.70. The summed E-state index contributed by atoms with van der Waals surface area (Å²) >= 11 is 0. The van der Waals surface area contributed by atoms with Crippen molar-refractivity contribution in [3.63, 3.8) is 0 Å². The van der Waals surface area contributed by atoms with E-state index < -0.39 is 0 Å². The number of aromatic nitrogens is 4. The van der Waals surface area contributed by atoms with Crippen molar-refractivity contribution >= 4 is 11.8 Å². The molecule has 1 fully saturated rings. The number of ether oxygens (including phenoxy) is 1. The fourth-order valence-electron chi connectivity index (χ4n) is 3.16. The summed E-state index contributed by atoms with van der Waals surface area (Å²) in [6.45, 7) is 7.02. The first kappa shape index (κ1) is 20.9. The quantitative estimate of drug-likeness (QED) is 0.743. The largest absolute Gasteiger partial charge is 0.379 e. The molecular formula is C20H28N6O3. The molecule has 9 nitrogen and oxygen atoms in total. The van der Waals surface area contributed by atoms with Gasteiger partial charge < -0.3 is 15.0 Å². The van der Waals surface area contributed by atoms with Gasteiger partial charge in [0, 0.05) is 25.2 Å². The predicted octanol–water partition coefficient (Wildman–Crippen LogP) is 0.972. The lowest BCUT2D eigenvalue weighted by molar-refractivity contribution is -0.126. The lowest BCUT2D eigenvalue weighted by Crippen LogP contribution is -2.42. The first-order valence-electron chi connectivity index (χ1n) is 9.97. The third-order valence-corrected chi connectivity index (χ3v) is 4.88. The average molecular weight is 400 g/mol. The number of carbonyl (C=O) groups excluding carboxylic acids is 2. The molecule has 1 aromatic carbocycles. The number of amides is 2. The molecule has 0 bridgehead atoms. The summed E-state index contributed by atoms with van der Waals surface area (Å²) in [6.07, 6.45) is 2.47. The highest BCUT2D eigenvalue weighted by Gasteiger charge is 2.27. The minimum absolute atomic E-state index is 0.0536. The van der Waals surface area contributed by atoms with E-state index in [9.17, 15) is 9.59 Å². The Balaban J connectivity index is 1.59. The van der Waals surface area contributed by atoms with E-state index in [1.165, 1.54) is 0 Å². The van der Waals surface area contributed by atoms with Gasteiger partial charge in [0.15, 0.2) is 0 Å². The van der Waals surface area contributed by atoms with Crippen molar-refractivity contribution in [2.75, 3.05) is 32.8 Å². The van der Waals surface area contributed by atoms with Gasteiger partial charge >= 0.3 is 0 Å². The summed E-state index contributed by atoms with van der Waals surface area (Å²) < 4.78 is 7.19. The number of carbonyl (C=O) groups is 2. The Morgan fingerprint density at radius 2 is 2.07 bits per heavy atom. The van der Waals surface area contributed by atoms with Crippen LogP contribution in [-0.2, 0) is 16.1 Å². The topological polar surface area (TPSA) is 102 Å². The Hall–Kier alpha value is -2.81. The zero-order valence-electron chi connectivity index (χ0n) is 17.0. The Morgan fingerprint density at radius 3 is 2.76 bits per heavy atom. The predicted molar refractivity (Wildman–Crippen MR) is 106 cm³/mol. The summed E-state index contributed by atoms with van der Waals surface area (Å²) in [4.78, 5) is 27.1. The molecule has 2 aromatic rings. The highest BCUT2D eigenvalue weighted by Crippen LogP contribution is 2.13. The molecule has 0 saturated carbocycles. The summed E-state index contributed by atoms with van der Waals surface area (Å²) in [7, 11) is 0. The van der Waals surface area contributed by atoms with E-state index in [0.717, 1.165) is 12.0 Å². The summed E-state index contributed by atoms with van der Waals surface area (Å²) in [5, 5.41) is 14.0. The second-order valence-electron chi connectivity index (χ2n) is 7.70. The Labute approximate surface area is 170 Å². The van der Waals surface area contributed by atoms with Crippen molar-refractivity contribution in [1.29, 1.82) is 0 Å². The molecular weight excluding hydrogens is 372 g/mol. The van der Waals surface area contributed by atoms with Gasteiger partial charge in [-0.15, -0.1) is 5.10 Å². The Kier molecular flexibility index (Phi) is 7.29. The van der Waals surface area contributed by atoms with Crippen molar-refractivity contribution in [2.24, 2.45) is 11.8 Å². The van der Waals surface area contributed by atoms with Gasteiger partial charge in [-0.3, -0.25) is 9.59 Å². The van der Waals surface area contributed by atoms with E-state index in [2.05, 4.69) is 34.7 Å². The van der Waals surface area contributed by atoms with Crippen molar-refractivity contribution in [3.8, 4) is 0 Å². The second kappa shape index (κ2) is 10.1. The molecule has 2 amide bonds. The highest BCUT2D eigenvalue weighted by atomic mass is 16.5. The molecule has 1 unspecified atom stereocenters. The molecule has 1 atom stereocenters. The lowest BCUT2D eigenvalue weighted by atomic mass is 10.1. The van der Waals surface area contributed by atoms with E-state index >= 15 is 0 Å². The molecule has 0 spiro atoms. The van der Waals surface area contributed by atoms with Crippen LogP contribution in [0.2, 0.25) is 0 Å². The third kappa shape index (κ3) is 6.08. The number of nitrogens with one attached hydrogen (secondary N) is 1. The van der Waals surface area contributed by atoms with Crippen molar-refractivity contribution < 1.29 is 14.3 Å². The number of hydrogen-bond donors (Lipinski definition) is 1. The molecule has 3 rings (SSSR count). The Morgan fingerprint density at radius 1 is 1.28 bits per heavy atom. The van der Waals surface area contributed by atoms with Gasteiger partial charge in [-0.25, -0.2) is 4.68 Å². The van der Waals surface area contributed by atoms with Crippen LogP contribution in [0.15, 0.2) is 30.6 Å². The molecule has 1 aromatic heterocycles. The SMILES string of the molecule is CC(C)CCNC(=O)C1COCCN(C(=O)c2ccc(Cn3cnnn3)cc2)C1. The number of nitrogens with zero attached hydrogens (tertiary/aromatic N) is 5. The van der Waals surface area contributed by atoms with Gasteiger partial charge in [0.2, 0.25) is 5.91 Å². The minimum atomic E-state index is -0.354. The normalized spacial score (nSPS) is 17.2. The smallest absolute Gasteiger partial charge is 0.253 e. The van der Waals surface area contributed by atoms with E-state index in [1.807, 2.05) is 12.1 Å². The first-order valence-corrected chi connectivity index (χ1v) is 9.97. The number of benzene rings is 1. The van der Waals surface area contributed by atoms with Crippen LogP contribution in [0.25, 0.3) is 0 Å². The van der Waals surface area contributed by atoms with E-state index in [0.29, 0.717) is 50.9 Å². The van der Waals surface area contributed by atoms with Crippen LogP contribution in [0.1, 0.15) is 36.2 Å². The highest BCUT2D eigenvalue weighted by molar-refractivity contribution is 5.94. The molecule has 29 heavy (non-hydrogen) atoms. The van der Waals surface area contributed by atoms with Gasteiger partial charge in [-0.2, -0.15) is 0 Å². The van der Waals surface area contributed by atoms with Crippen LogP contribution in [0.4, 0.5) is 0 Å². The summed E-state index contributed by atoms with van der Waals surface area (Å²) in [5.41, 5.74) is 1.58. The molecule has 0 aliphatic carbocycles. The first-order chi connectivity index (χ1) is 14.0. The maximum Gasteiger partial charge on any atom is 0.253 e. The fraction of sp³-hybridized carbons (Fsp3) is 0.550. The molecule has 0 radical (unpaired) electrons. The zero-order valence-corrected chi connectivity index (χ0v) is 17.0. The third-order valence-electron chi connectivity index (χ3n) is 4.88. The van der Waals surface area contributed by atoms with Gasteiger partial charge in [-0.1, -0.05) is 26.0 Å². The lowest BCUT2D eigenvalue weighted by Gasteiger charge is -2.23. The summed E-state index contributed by atoms with van der Waals surface area (Å²) in [6, 6.07) is 7.37.